The Bertz CT molecular complexity index is 936. The normalized spacial score (nSPS) is 13.2. The van der Waals surface area contributed by atoms with E-state index in [4.69, 9.17) is 9.47 Å². The molecular formula is C21H22FN3O3. The highest BCUT2D eigenvalue weighted by atomic mass is 19.1. The van der Waals surface area contributed by atoms with Gasteiger partial charge in [-0.3, -0.25) is 9.79 Å². The van der Waals surface area contributed by atoms with Crippen LogP contribution in [-0.4, -0.2) is 38.5 Å². The van der Waals surface area contributed by atoms with E-state index >= 15 is 0 Å². The molecular weight excluding hydrogens is 361 g/mol. The third-order valence-electron chi connectivity index (χ3n) is 4.39. The van der Waals surface area contributed by atoms with Crippen molar-refractivity contribution in [3.63, 3.8) is 0 Å². The molecule has 146 valence electrons. The molecule has 1 aliphatic rings. The maximum Gasteiger partial charge on any atom is 0.173 e. The van der Waals surface area contributed by atoms with Crippen LogP contribution in [0, 0.1) is 5.82 Å². The molecule has 0 amide bonds. The van der Waals surface area contributed by atoms with Crippen LogP contribution in [0.3, 0.4) is 0 Å². The predicted octanol–water partition coefficient (Wildman–Crippen LogP) is 3.30. The largest absolute Gasteiger partial charge is 0.365 e. The van der Waals surface area contributed by atoms with Gasteiger partial charge in [-0.15, -0.1) is 0 Å². The Hall–Kier alpha value is -3.03. The van der Waals surface area contributed by atoms with E-state index in [0.717, 1.165) is 0 Å². The molecule has 0 spiro atoms. The molecule has 0 radical (unpaired) electrons. The zero-order chi connectivity index (χ0) is 20.1. The molecule has 3 rings (SSSR count). The summed E-state index contributed by atoms with van der Waals surface area (Å²) in [6.45, 7) is 1.88. The number of hydrogen-bond donors (Lipinski definition) is 2. The smallest absolute Gasteiger partial charge is 0.173 e. The molecule has 0 aliphatic carbocycles. The van der Waals surface area contributed by atoms with Crippen LogP contribution in [0.25, 0.3) is 0 Å². The number of anilines is 1. The van der Waals surface area contributed by atoms with Crippen LogP contribution in [0.2, 0.25) is 0 Å². The highest BCUT2D eigenvalue weighted by molar-refractivity contribution is 6.17. The molecule has 7 heteroatoms. The van der Waals surface area contributed by atoms with Gasteiger partial charge in [-0.05, 0) is 37.3 Å². The topological polar surface area (TPSA) is 72.0 Å². The molecule has 1 heterocycles. The van der Waals surface area contributed by atoms with Gasteiger partial charge in [0.1, 0.15) is 11.6 Å². The summed E-state index contributed by atoms with van der Waals surface area (Å²) in [5.41, 5.74) is 2.67. The first-order valence-electron chi connectivity index (χ1n) is 8.78. The second kappa shape index (κ2) is 8.77. The predicted molar refractivity (Wildman–Crippen MR) is 106 cm³/mol. The number of Topliss-reactive ketones (excluding diaryl/α,β-unsaturated/α-hetero) is 1. The van der Waals surface area contributed by atoms with Crippen LogP contribution in [-0.2, 0) is 9.47 Å². The zero-order valence-electron chi connectivity index (χ0n) is 16.0. The SMILES string of the molecule is COC(CNC1=CN=C(c2ccccc2F)c2cc(C(C)=O)ccc2N1)OC. The minimum Gasteiger partial charge on any atom is -0.365 e. The van der Waals surface area contributed by atoms with Crippen LogP contribution in [0.5, 0.6) is 0 Å². The molecule has 0 atom stereocenters. The summed E-state index contributed by atoms with van der Waals surface area (Å²) in [6, 6.07) is 11.7. The van der Waals surface area contributed by atoms with E-state index in [1.165, 1.54) is 13.0 Å². The van der Waals surface area contributed by atoms with Gasteiger partial charge in [-0.25, -0.2) is 4.39 Å². The van der Waals surface area contributed by atoms with Crippen LogP contribution in [0.1, 0.15) is 28.4 Å². The summed E-state index contributed by atoms with van der Waals surface area (Å²) >= 11 is 0. The van der Waals surface area contributed by atoms with Gasteiger partial charge in [0, 0.05) is 36.6 Å². The van der Waals surface area contributed by atoms with Crippen molar-refractivity contribution in [1.82, 2.24) is 5.32 Å². The van der Waals surface area contributed by atoms with E-state index in [2.05, 4.69) is 15.6 Å². The lowest BCUT2D eigenvalue weighted by Crippen LogP contribution is -2.31. The lowest BCUT2D eigenvalue weighted by atomic mass is 9.97. The molecule has 2 N–H and O–H groups in total. The van der Waals surface area contributed by atoms with Gasteiger partial charge in [-0.2, -0.15) is 0 Å². The summed E-state index contributed by atoms with van der Waals surface area (Å²) in [5.74, 6) is 0.139. The summed E-state index contributed by atoms with van der Waals surface area (Å²) in [7, 11) is 3.11. The number of carbonyl (C=O) groups excluding carboxylic acids is 1. The fourth-order valence-corrected chi connectivity index (χ4v) is 2.86. The highest BCUT2D eigenvalue weighted by Gasteiger charge is 2.20. The number of fused-ring (bicyclic) bond motifs is 1. The fourth-order valence-electron chi connectivity index (χ4n) is 2.86. The van der Waals surface area contributed by atoms with Gasteiger partial charge in [0.05, 0.1) is 18.5 Å². The van der Waals surface area contributed by atoms with Gasteiger partial charge in [-0.1, -0.05) is 12.1 Å². The number of aliphatic imine (C=N–C) groups is 1. The molecule has 0 aromatic heterocycles. The molecule has 0 saturated heterocycles. The fraction of sp³-hybridized carbons (Fsp3) is 0.238. The van der Waals surface area contributed by atoms with Gasteiger partial charge in [0.25, 0.3) is 0 Å². The van der Waals surface area contributed by atoms with Crippen LogP contribution in [0.4, 0.5) is 10.1 Å². The average molecular weight is 383 g/mol. The Kier molecular flexibility index (Phi) is 6.18. The number of nitrogens with one attached hydrogen (secondary N) is 2. The maximum atomic E-state index is 14.5. The minimum absolute atomic E-state index is 0.0748. The monoisotopic (exact) mass is 383 g/mol. The molecule has 0 unspecified atom stereocenters. The van der Waals surface area contributed by atoms with E-state index < -0.39 is 6.29 Å². The van der Waals surface area contributed by atoms with Gasteiger partial charge in [0.15, 0.2) is 12.1 Å². The van der Waals surface area contributed by atoms with Crippen LogP contribution in [0.15, 0.2) is 59.5 Å². The van der Waals surface area contributed by atoms with Gasteiger partial charge >= 0.3 is 0 Å². The summed E-state index contributed by atoms with van der Waals surface area (Å²) in [5, 5.41) is 6.40. The van der Waals surface area contributed by atoms with Crippen molar-refractivity contribution in [1.29, 1.82) is 0 Å². The number of carbonyl (C=O) groups is 1. The first-order chi connectivity index (χ1) is 13.5. The first-order valence-corrected chi connectivity index (χ1v) is 8.78. The van der Waals surface area contributed by atoms with Crippen molar-refractivity contribution in [3.05, 3.63) is 77.0 Å². The summed E-state index contributed by atoms with van der Waals surface area (Å²) in [6.07, 6.45) is 1.15. The second-order valence-corrected chi connectivity index (χ2v) is 6.22. The van der Waals surface area contributed by atoms with Gasteiger partial charge < -0.3 is 20.1 Å². The van der Waals surface area contributed by atoms with Gasteiger partial charge in [0.2, 0.25) is 0 Å². The Labute approximate surface area is 163 Å². The Morgan fingerprint density at radius 3 is 2.61 bits per heavy atom. The third kappa shape index (κ3) is 4.27. The van der Waals surface area contributed by atoms with Crippen molar-refractivity contribution in [2.24, 2.45) is 4.99 Å². The van der Waals surface area contributed by atoms with Crippen molar-refractivity contribution in [2.45, 2.75) is 13.2 Å². The number of ether oxygens (including phenoxy) is 2. The van der Waals surface area contributed by atoms with Crippen molar-refractivity contribution in [2.75, 3.05) is 26.1 Å². The highest BCUT2D eigenvalue weighted by Crippen LogP contribution is 2.26. The summed E-state index contributed by atoms with van der Waals surface area (Å²) < 4.78 is 24.8. The number of benzene rings is 2. The van der Waals surface area contributed by atoms with Crippen molar-refractivity contribution < 1.29 is 18.7 Å². The number of rotatable bonds is 7. The molecule has 2 aromatic rings. The van der Waals surface area contributed by atoms with Crippen molar-refractivity contribution >= 4 is 17.2 Å². The lowest BCUT2D eigenvalue weighted by molar-refractivity contribution is -0.0975. The molecule has 6 nitrogen and oxygen atoms in total. The van der Waals surface area contributed by atoms with E-state index in [1.54, 1.807) is 56.8 Å². The van der Waals surface area contributed by atoms with Crippen molar-refractivity contribution in [3.8, 4) is 0 Å². The second-order valence-electron chi connectivity index (χ2n) is 6.22. The molecule has 1 aliphatic heterocycles. The average Bonchev–Trinajstić information content (AvgIpc) is 2.88. The number of halogens is 1. The minimum atomic E-state index is -0.430. The van der Waals surface area contributed by atoms with E-state index in [-0.39, 0.29) is 11.6 Å². The number of ketones is 1. The quantitative estimate of drug-likeness (QED) is 0.567. The summed E-state index contributed by atoms with van der Waals surface area (Å²) in [4.78, 5) is 16.4. The standard InChI is InChI=1S/C21H22FN3O3/c1-13(26)14-8-9-18-16(10-14)21(15-6-4-5-7-17(15)22)24-11-19(25-18)23-12-20(27-2)28-3/h4-11,20,23,25H,12H2,1-3H3. The Balaban J connectivity index is 2.04. The lowest BCUT2D eigenvalue weighted by Gasteiger charge is -2.18. The number of nitrogens with zero attached hydrogens (tertiary/aromatic N) is 1. The van der Waals surface area contributed by atoms with Crippen LogP contribution < -0.4 is 10.6 Å². The molecule has 0 bridgehead atoms. The third-order valence-corrected chi connectivity index (χ3v) is 4.39. The van der Waals surface area contributed by atoms with Crippen LogP contribution >= 0.6 is 0 Å². The molecule has 28 heavy (non-hydrogen) atoms. The maximum absolute atomic E-state index is 14.5. The van der Waals surface area contributed by atoms with E-state index in [1.807, 2.05) is 0 Å². The number of methoxy groups -OCH3 is 2. The van der Waals surface area contributed by atoms with E-state index in [9.17, 15) is 9.18 Å². The molecule has 0 fully saturated rings. The Morgan fingerprint density at radius 1 is 1.18 bits per heavy atom. The zero-order valence-corrected chi connectivity index (χ0v) is 16.0. The molecule has 2 aromatic carbocycles. The molecule has 0 saturated carbocycles. The Morgan fingerprint density at radius 2 is 1.93 bits per heavy atom. The number of hydrogen-bond acceptors (Lipinski definition) is 6. The van der Waals surface area contributed by atoms with E-state index in [0.29, 0.717) is 40.5 Å². The first kappa shape index (κ1) is 19.7.